The van der Waals surface area contributed by atoms with Crippen molar-refractivity contribution < 1.29 is 4.39 Å². The van der Waals surface area contributed by atoms with E-state index < -0.39 is 0 Å². The number of halogens is 2. The average molecular weight is 268 g/mol. The molecule has 0 aliphatic rings. The molecule has 5 heteroatoms. The van der Waals surface area contributed by atoms with E-state index >= 15 is 0 Å². The average Bonchev–Trinajstić information content (AvgIpc) is 2.77. The molecule has 0 bridgehead atoms. The molecule has 2 aromatic rings. The van der Waals surface area contributed by atoms with Crippen molar-refractivity contribution in [1.82, 2.24) is 15.1 Å². The van der Waals surface area contributed by atoms with Crippen molar-refractivity contribution in [1.29, 1.82) is 0 Å². The number of benzene rings is 1. The van der Waals surface area contributed by atoms with E-state index in [4.69, 9.17) is 11.6 Å². The zero-order valence-corrected chi connectivity index (χ0v) is 11.1. The molecule has 1 N–H and O–H groups in total. The number of rotatable bonds is 4. The number of hydrogen-bond acceptors (Lipinski definition) is 2. The van der Waals surface area contributed by atoms with Gasteiger partial charge in [0, 0.05) is 31.4 Å². The molecular weight excluding hydrogens is 253 g/mol. The van der Waals surface area contributed by atoms with E-state index in [0.717, 1.165) is 11.1 Å². The van der Waals surface area contributed by atoms with Crippen LogP contribution in [0.15, 0.2) is 30.6 Å². The second kappa shape index (κ2) is 5.50. The van der Waals surface area contributed by atoms with Crippen molar-refractivity contribution in [2.24, 2.45) is 7.05 Å². The van der Waals surface area contributed by atoms with Gasteiger partial charge < -0.3 is 5.32 Å². The summed E-state index contributed by atoms with van der Waals surface area (Å²) in [5.41, 5.74) is 2.07. The second-order valence-electron chi connectivity index (χ2n) is 4.30. The molecule has 1 aromatic carbocycles. The van der Waals surface area contributed by atoms with Crippen molar-refractivity contribution >= 4 is 11.6 Å². The minimum absolute atomic E-state index is 0.156. The summed E-state index contributed by atoms with van der Waals surface area (Å²) in [7, 11) is 1.88. The first-order valence-corrected chi connectivity index (χ1v) is 6.10. The molecule has 1 aromatic heterocycles. The molecule has 0 saturated heterocycles. The number of aryl methyl sites for hydroxylation is 1. The van der Waals surface area contributed by atoms with Gasteiger partial charge in [-0.25, -0.2) is 4.39 Å². The normalized spacial score (nSPS) is 12.7. The summed E-state index contributed by atoms with van der Waals surface area (Å²) >= 11 is 5.73. The highest BCUT2D eigenvalue weighted by Crippen LogP contribution is 2.17. The first kappa shape index (κ1) is 13.1. The van der Waals surface area contributed by atoms with Crippen molar-refractivity contribution in [3.63, 3.8) is 0 Å². The third-order valence-corrected chi connectivity index (χ3v) is 3.11. The van der Waals surface area contributed by atoms with Gasteiger partial charge in [0.2, 0.25) is 0 Å². The van der Waals surface area contributed by atoms with Gasteiger partial charge in [0.15, 0.2) is 0 Å². The Morgan fingerprint density at radius 2 is 2.28 bits per heavy atom. The Bertz CT molecular complexity index is 539. The summed E-state index contributed by atoms with van der Waals surface area (Å²) in [6.07, 6.45) is 3.80. The lowest BCUT2D eigenvalue weighted by Gasteiger charge is -2.12. The first-order valence-electron chi connectivity index (χ1n) is 5.72. The largest absolute Gasteiger partial charge is 0.306 e. The van der Waals surface area contributed by atoms with E-state index in [2.05, 4.69) is 17.3 Å². The molecule has 0 radical (unpaired) electrons. The van der Waals surface area contributed by atoms with Crippen LogP contribution in [-0.4, -0.2) is 9.78 Å². The number of nitrogens with zero attached hydrogens (tertiary/aromatic N) is 2. The standard InChI is InChI=1S/C13H15ClFN3/c1-9(11-7-17-18(2)8-11)16-6-10-3-4-13(15)12(14)5-10/h3-5,7-9,16H,6H2,1-2H3. The van der Waals surface area contributed by atoms with Crippen LogP contribution < -0.4 is 5.32 Å². The molecule has 18 heavy (non-hydrogen) atoms. The summed E-state index contributed by atoms with van der Waals surface area (Å²) in [5, 5.41) is 7.62. The topological polar surface area (TPSA) is 29.9 Å². The van der Waals surface area contributed by atoms with Gasteiger partial charge in [-0.05, 0) is 24.6 Å². The van der Waals surface area contributed by atoms with Crippen LogP contribution in [0.5, 0.6) is 0 Å². The van der Waals surface area contributed by atoms with Crippen LogP contribution >= 0.6 is 11.6 Å². The van der Waals surface area contributed by atoms with E-state index in [-0.39, 0.29) is 16.9 Å². The molecule has 0 aliphatic heterocycles. The molecule has 0 spiro atoms. The first-order chi connectivity index (χ1) is 8.56. The third-order valence-electron chi connectivity index (χ3n) is 2.82. The lowest BCUT2D eigenvalue weighted by atomic mass is 10.1. The van der Waals surface area contributed by atoms with Crippen LogP contribution in [-0.2, 0) is 13.6 Å². The van der Waals surface area contributed by atoms with Gasteiger partial charge in [-0.3, -0.25) is 4.68 Å². The van der Waals surface area contributed by atoms with Gasteiger partial charge in [-0.15, -0.1) is 0 Å². The fourth-order valence-electron chi connectivity index (χ4n) is 1.70. The molecule has 96 valence electrons. The van der Waals surface area contributed by atoms with Crippen LogP contribution in [0.25, 0.3) is 0 Å². The Balaban J connectivity index is 1.97. The highest BCUT2D eigenvalue weighted by atomic mass is 35.5. The van der Waals surface area contributed by atoms with Crippen LogP contribution in [0.1, 0.15) is 24.1 Å². The summed E-state index contributed by atoms with van der Waals surface area (Å²) in [5.74, 6) is -0.388. The van der Waals surface area contributed by atoms with Crippen LogP contribution in [0.2, 0.25) is 5.02 Å². The maximum atomic E-state index is 13.0. The predicted molar refractivity (Wildman–Crippen MR) is 69.9 cm³/mol. The third kappa shape index (κ3) is 3.09. The van der Waals surface area contributed by atoms with Gasteiger partial charge in [0.1, 0.15) is 5.82 Å². The number of nitrogens with one attached hydrogen (secondary N) is 1. The van der Waals surface area contributed by atoms with Crippen molar-refractivity contribution in [3.05, 3.63) is 52.6 Å². The summed E-state index contributed by atoms with van der Waals surface area (Å²) in [4.78, 5) is 0. The second-order valence-corrected chi connectivity index (χ2v) is 4.71. The number of aromatic nitrogens is 2. The van der Waals surface area contributed by atoms with Gasteiger partial charge in [0.05, 0.1) is 11.2 Å². The van der Waals surface area contributed by atoms with Crippen molar-refractivity contribution in [2.75, 3.05) is 0 Å². The smallest absolute Gasteiger partial charge is 0.141 e. The Hall–Kier alpha value is -1.39. The molecule has 0 saturated carbocycles. The molecule has 1 unspecified atom stereocenters. The van der Waals surface area contributed by atoms with Gasteiger partial charge >= 0.3 is 0 Å². The van der Waals surface area contributed by atoms with Gasteiger partial charge in [0.25, 0.3) is 0 Å². The monoisotopic (exact) mass is 267 g/mol. The van der Waals surface area contributed by atoms with E-state index in [1.165, 1.54) is 6.07 Å². The maximum Gasteiger partial charge on any atom is 0.141 e. The van der Waals surface area contributed by atoms with Crippen LogP contribution in [0.3, 0.4) is 0 Å². The molecule has 0 aliphatic carbocycles. The van der Waals surface area contributed by atoms with E-state index in [9.17, 15) is 4.39 Å². The summed E-state index contributed by atoms with van der Waals surface area (Å²) in [6, 6.07) is 4.93. The van der Waals surface area contributed by atoms with E-state index in [0.29, 0.717) is 6.54 Å². The summed E-state index contributed by atoms with van der Waals surface area (Å²) < 4.78 is 14.8. The van der Waals surface area contributed by atoms with Crippen molar-refractivity contribution in [2.45, 2.75) is 19.5 Å². The molecule has 0 fully saturated rings. The van der Waals surface area contributed by atoms with Crippen LogP contribution in [0, 0.1) is 5.82 Å². The minimum atomic E-state index is -0.388. The highest BCUT2D eigenvalue weighted by Gasteiger charge is 2.07. The fraction of sp³-hybridized carbons (Fsp3) is 0.308. The highest BCUT2D eigenvalue weighted by molar-refractivity contribution is 6.30. The van der Waals surface area contributed by atoms with E-state index in [1.54, 1.807) is 16.8 Å². The zero-order chi connectivity index (χ0) is 13.1. The Morgan fingerprint density at radius 1 is 1.50 bits per heavy atom. The Morgan fingerprint density at radius 3 is 2.89 bits per heavy atom. The summed E-state index contributed by atoms with van der Waals surface area (Å²) in [6.45, 7) is 2.69. The maximum absolute atomic E-state index is 13.0. The van der Waals surface area contributed by atoms with Crippen molar-refractivity contribution in [3.8, 4) is 0 Å². The zero-order valence-electron chi connectivity index (χ0n) is 10.3. The van der Waals surface area contributed by atoms with E-state index in [1.807, 2.05) is 19.4 Å². The van der Waals surface area contributed by atoms with Crippen LogP contribution in [0.4, 0.5) is 4.39 Å². The SMILES string of the molecule is CC(NCc1ccc(F)c(Cl)c1)c1cnn(C)c1. The predicted octanol–water partition coefficient (Wildman–Crippen LogP) is 3.06. The molecular formula is C13H15ClFN3. The molecule has 2 rings (SSSR count). The lowest BCUT2D eigenvalue weighted by Crippen LogP contribution is -2.17. The Labute approximate surface area is 111 Å². The van der Waals surface area contributed by atoms with Gasteiger partial charge in [-0.2, -0.15) is 5.10 Å². The molecule has 0 amide bonds. The Kier molecular flexibility index (Phi) is 3.99. The minimum Gasteiger partial charge on any atom is -0.306 e. The molecule has 3 nitrogen and oxygen atoms in total. The fourth-order valence-corrected chi connectivity index (χ4v) is 1.91. The number of hydrogen-bond donors (Lipinski definition) is 1. The van der Waals surface area contributed by atoms with Gasteiger partial charge in [-0.1, -0.05) is 17.7 Å². The molecule has 1 atom stereocenters. The quantitative estimate of drug-likeness (QED) is 0.923. The lowest BCUT2D eigenvalue weighted by molar-refractivity contribution is 0.572. The molecule has 1 heterocycles.